The molecule has 0 unspecified atom stereocenters. The van der Waals surface area contributed by atoms with Crippen LogP contribution in [-0.2, 0) is 0 Å². The molecule has 2 aromatic heterocycles. The smallest absolute Gasteiger partial charge is 0.297 e. The Morgan fingerprint density at radius 3 is 2.62 bits per heavy atom. The molecule has 21 heavy (non-hydrogen) atoms. The summed E-state index contributed by atoms with van der Waals surface area (Å²) in [5.74, 6) is -0.335. The van der Waals surface area contributed by atoms with Gasteiger partial charge >= 0.3 is 0 Å². The number of hydrogen-bond donors (Lipinski definition) is 0. The number of benzene rings is 1. The highest BCUT2D eigenvalue weighted by Crippen LogP contribution is 2.32. The molecule has 0 N–H and O–H groups in total. The van der Waals surface area contributed by atoms with E-state index in [2.05, 4.69) is 15.0 Å². The number of fused-ring (bicyclic) bond motifs is 1. The van der Waals surface area contributed by atoms with Crippen molar-refractivity contribution in [1.82, 2.24) is 15.0 Å². The molecule has 0 atom stereocenters. The van der Waals surface area contributed by atoms with E-state index in [9.17, 15) is 8.78 Å². The Balaban J connectivity index is 2.14. The molecule has 0 fully saturated rings. The Labute approximate surface area is 123 Å². The van der Waals surface area contributed by atoms with Gasteiger partial charge in [0, 0.05) is 6.20 Å². The summed E-state index contributed by atoms with van der Waals surface area (Å²) in [5, 5.41) is 0.639. The van der Waals surface area contributed by atoms with Gasteiger partial charge in [-0.05, 0) is 24.3 Å². The van der Waals surface area contributed by atoms with Crippen LogP contribution in [0.3, 0.4) is 0 Å². The van der Waals surface area contributed by atoms with Crippen LogP contribution in [0.25, 0.3) is 10.9 Å². The second-order valence-electron chi connectivity index (χ2n) is 4.10. The molecule has 1 aromatic carbocycles. The predicted octanol–water partition coefficient (Wildman–Crippen LogP) is 4.41. The third-order valence-electron chi connectivity index (χ3n) is 2.71. The average Bonchev–Trinajstić information content (AvgIpc) is 2.49. The van der Waals surface area contributed by atoms with E-state index in [4.69, 9.17) is 16.3 Å². The zero-order chi connectivity index (χ0) is 14.8. The minimum Gasteiger partial charge on any atom is -0.435 e. The first-order valence-corrected chi connectivity index (χ1v) is 6.36. The normalized spacial score (nSPS) is 11.0. The number of rotatable bonds is 3. The molecule has 7 heteroatoms. The number of para-hydroxylation sites is 1. The summed E-state index contributed by atoms with van der Waals surface area (Å²) in [5.41, 5.74) is 0.373. The van der Waals surface area contributed by atoms with Crippen LogP contribution in [0, 0.1) is 0 Å². The summed E-state index contributed by atoms with van der Waals surface area (Å²) in [4.78, 5) is 11.4. The maximum Gasteiger partial charge on any atom is 0.297 e. The molecule has 0 amide bonds. The summed E-state index contributed by atoms with van der Waals surface area (Å²) < 4.78 is 31.3. The van der Waals surface area contributed by atoms with E-state index in [1.807, 2.05) is 0 Å². The minimum atomic E-state index is -2.79. The molecule has 0 saturated carbocycles. The fraction of sp³-hybridized carbons (Fsp3) is 0.0714. The van der Waals surface area contributed by atoms with Crippen LogP contribution in [0.2, 0.25) is 5.15 Å². The first-order valence-electron chi connectivity index (χ1n) is 5.98. The third-order valence-corrected chi connectivity index (χ3v) is 3.00. The summed E-state index contributed by atoms with van der Waals surface area (Å²) >= 11 is 5.90. The molecule has 0 aliphatic heterocycles. The zero-order valence-corrected chi connectivity index (χ0v) is 11.3. The van der Waals surface area contributed by atoms with E-state index >= 15 is 0 Å². The van der Waals surface area contributed by atoms with Gasteiger partial charge in [0.1, 0.15) is 0 Å². The fourth-order valence-corrected chi connectivity index (χ4v) is 1.95. The highest BCUT2D eigenvalue weighted by Gasteiger charge is 2.17. The lowest BCUT2D eigenvalue weighted by atomic mass is 10.2. The molecule has 0 aliphatic carbocycles. The van der Waals surface area contributed by atoms with E-state index < -0.39 is 12.2 Å². The number of aromatic nitrogens is 3. The number of nitrogens with zero attached hydrogens (tertiary/aromatic N) is 3. The van der Waals surface area contributed by atoms with Gasteiger partial charge in [0.2, 0.25) is 5.88 Å². The summed E-state index contributed by atoms with van der Waals surface area (Å²) in [6.07, 6.45) is -1.29. The van der Waals surface area contributed by atoms with E-state index in [-0.39, 0.29) is 16.8 Å². The summed E-state index contributed by atoms with van der Waals surface area (Å²) in [6, 6.07) is 9.94. The topological polar surface area (TPSA) is 47.9 Å². The molecule has 0 spiro atoms. The Hall–Kier alpha value is -2.34. The van der Waals surface area contributed by atoms with Crippen LogP contribution < -0.4 is 4.74 Å². The Morgan fingerprint density at radius 1 is 1.05 bits per heavy atom. The van der Waals surface area contributed by atoms with Crippen LogP contribution in [-0.4, -0.2) is 15.0 Å². The third kappa shape index (κ3) is 2.75. The minimum absolute atomic E-state index is 0.0193. The molecular weight excluding hydrogens is 300 g/mol. The SMILES string of the molecule is FC(F)c1nc(Oc2cccnc2Cl)c2ccccc2n1. The highest BCUT2D eigenvalue weighted by molar-refractivity contribution is 6.30. The first-order chi connectivity index (χ1) is 10.1. The summed E-state index contributed by atoms with van der Waals surface area (Å²) in [7, 11) is 0. The van der Waals surface area contributed by atoms with Crippen LogP contribution in [0.5, 0.6) is 11.6 Å². The highest BCUT2D eigenvalue weighted by atomic mass is 35.5. The molecule has 0 aliphatic rings. The maximum atomic E-state index is 12.9. The molecule has 0 saturated heterocycles. The van der Waals surface area contributed by atoms with Crippen molar-refractivity contribution in [1.29, 1.82) is 0 Å². The number of halogens is 3. The number of hydrogen-bond acceptors (Lipinski definition) is 4. The van der Waals surface area contributed by atoms with Gasteiger partial charge in [0.25, 0.3) is 6.43 Å². The van der Waals surface area contributed by atoms with Gasteiger partial charge in [-0.25, -0.2) is 18.7 Å². The number of pyridine rings is 1. The molecule has 0 bridgehead atoms. The van der Waals surface area contributed by atoms with Crippen molar-refractivity contribution in [3.63, 3.8) is 0 Å². The van der Waals surface area contributed by atoms with Gasteiger partial charge in [-0.1, -0.05) is 23.7 Å². The molecule has 3 aromatic rings. The van der Waals surface area contributed by atoms with Gasteiger partial charge in [-0.15, -0.1) is 0 Å². The second-order valence-corrected chi connectivity index (χ2v) is 4.46. The van der Waals surface area contributed by atoms with Crippen molar-refractivity contribution >= 4 is 22.5 Å². The van der Waals surface area contributed by atoms with Crippen molar-refractivity contribution in [3.8, 4) is 11.6 Å². The quantitative estimate of drug-likeness (QED) is 0.673. The second kappa shape index (κ2) is 5.57. The standard InChI is InChI=1S/C14H8ClF2N3O/c15-11-10(6-3-7-18-11)21-14-8-4-1-2-5-9(8)19-13(20-14)12(16)17/h1-7,12H. The van der Waals surface area contributed by atoms with Crippen molar-refractivity contribution < 1.29 is 13.5 Å². The fourth-order valence-electron chi connectivity index (χ4n) is 1.79. The van der Waals surface area contributed by atoms with Gasteiger partial charge in [-0.3, -0.25) is 0 Å². The van der Waals surface area contributed by atoms with Crippen molar-refractivity contribution in [3.05, 3.63) is 53.6 Å². The largest absolute Gasteiger partial charge is 0.435 e. The van der Waals surface area contributed by atoms with Crippen LogP contribution in [0.1, 0.15) is 12.2 Å². The molecule has 4 nitrogen and oxygen atoms in total. The number of ether oxygens (including phenoxy) is 1. The lowest BCUT2D eigenvalue weighted by molar-refractivity contribution is 0.140. The van der Waals surface area contributed by atoms with Crippen LogP contribution >= 0.6 is 11.6 Å². The van der Waals surface area contributed by atoms with Gasteiger partial charge in [0.05, 0.1) is 10.9 Å². The van der Waals surface area contributed by atoms with E-state index in [0.717, 1.165) is 0 Å². The molecule has 0 radical (unpaired) electrons. The first kappa shape index (κ1) is 13.6. The van der Waals surface area contributed by atoms with E-state index in [0.29, 0.717) is 10.9 Å². The maximum absolute atomic E-state index is 12.9. The Bertz CT molecular complexity index is 798. The lowest BCUT2D eigenvalue weighted by Crippen LogP contribution is -2.00. The Morgan fingerprint density at radius 2 is 1.86 bits per heavy atom. The zero-order valence-electron chi connectivity index (χ0n) is 10.5. The van der Waals surface area contributed by atoms with Gasteiger partial charge < -0.3 is 4.74 Å². The molecule has 106 valence electrons. The predicted molar refractivity (Wildman–Crippen MR) is 73.8 cm³/mol. The average molecular weight is 308 g/mol. The molecule has 2 heterocycles. The lowest BCUT2D eigenvalue weighted by Gasteiger charge is -2.10. The van der Waals surface area contributed by atoms with E-state index in [1.165, 1.54) is 6.20 Å². The number of alkyl halides is 2. The Kier molecular flexibility index (Phi) is 3.62. The monoisotopic (exact) mass is 307 g/mol. The van der Waals surface area contributed by atoms with Gasteiger partial charge in [-0.2, -0.15) is 4.98 Å². The van der Waals surface area contributed by atoms with Crippen molar-refractivity contribution in [2.45, 2.75) is 6.43 Å². The van der Waals surface area contributed by atoms with Crippen molar-refractivity contribution in [2.24, 2.45) is 0 Å². The summed E-state index contributed by atoms with van der Waals surface area (Å²) in [6.45, 7) is 0. The molecule has 3 rings (SSSR count). The van der Waals surface area contributed by atoms with E-state index in [1.54, 1.807) is 36.4 Å². The van der Waals surface area contributed by atoms with Crippen LogP contribution in [0.15, 0.2) is 42.6 Å². The molecular formula is C14H8ClF2N3O. The van der Waals surface area contributed by atoms with Crippen LogP contribution in [0.4, 0.5) is 8.78 Å². The van der Waals surface area contributed by atoms with Gasteiger partial charge in [0.15, 0.2) is 16.7 Å². The van der Waals surface area contributed by atoms with Crippen molar-refractivity contribution in [2.75, 3.05) is 0 Å².